The van der Waals surface area contributed by atoms with Crippen LogP contribution in [0.4, 0.5) is 0 Å². The van der Waals surface area contributed by atoms with Gasteiger partial charge in [-0.15, -0.1) is 0 Å². The van der Waals surface area contributed by atoms with Gasteiger partial charge in [-0.1, -0.05) is 70.8 Å². The maximum atomic E-state index is 10.3. The number of aliphatic carboxylic acids is 1. The minimum absolute atomic E-state index is 0.313. The van der Waals surface area contributed by atoms with Gasteiger partial charge in [0.15, 0.2) is 0 Å². The molecule has 0 amide bonds. The van der Waals surface area contributed by atoms with Crippen molar-refractivity contribution in [3.63, 3.8) is 0 Å². The number of aliphatic hydroxyl groups is 1. The van der Waals surface area contributed by atoms with Gasteiger partial charge in [-0.25, -0.2) is 0 Å². The van der Waals surface area contributed by atoms with Gasteiger partial charge in [-0.3, -0.25) is 4.79 Å². The Balaban J connectivity index is 2.99. The largest absolute Gasteiger partial charge is 0.513 e. The van der Waals surface area contributed by atoms with Crippen LogP contribution < -0.4 is 0 Å². The first kappa shape index (κ1) is 19.0. The Bertz CT molecular complexity index is 223. The van der Waals surface area contributed by atoms with E-state index < -0.39 is 5.97 Å². The Hall–Kier alpha value is -0.990. The fourth-order valence-corrected chi connectivity index (χ4v) is 2.37. The van der Waals surface area contributed by atoms with E-state index in [1.54, 1.807) is 0 Å². The molecule has 0 aromatic heterocycles. The van der Waals surface area contributed by atoms with Gasteiger partial charge in [-0.2, -0.15) is 0 Å². The molecule has 0 atom stereocenters. The van der Waals surface area contributed by atoms with Gasteiger partial charge in [0.1, 0.15) is 0 Å². The summed E-state index contributed by atoms with van der Waals surface area (Å²) < 4.78 is 0. The number of carboxylic acid groups (broad SMARTS) is 1. The number of aliphatic hydroxyl groups excluding tert-OH is 1. The fourth-order valence-electron chi connectivity index (χ4n) is 2.37. The van der Waals surface area contributed by atoms with Crippen molar-refractivity contribution in [2.24, 2.45) is 0 Å². The summed E-state index contributed by atoms with van der Waals surface area (Å²) in [6.45, 7) is 3.48. The van der Waals surface area contributed by atoms with Crippen LogP contribution in [0.5, 0.6) is 0 Å². The van der Waals surface area contributed by atoms with Crippen molar-refractivity contribution in [1.82, 2.24) is 0 Å². The monoisotopic (exact) mass is 284 g/mol. The van der Waals surface area contributed by atoms with Crippen LogP contribution in [-0.2, 0) is 4.79 Å². The molecule has 0 fully saturated rings. The van der Waals surface area contributed by atoms with E-state index in [1.807, 2.05) is 0 Å². The average Bonchev–Trinajstić information content (AvgIpc) is 2.38. The molecule has 0 aliphatic rings. The molecular weight excluding hydrogens is 252 g/mol. The number of carbonyl (C=O) groups is 1. The third kappa shape index (κ3) is 17.0. The average molecular weight is 284 g/mol. The van der Waals surface area contributed by atoms with Gasteiger partial charge >= 0.3 is 5.97 Å². The Kier molecular flexibility index (Phi) is 13.7. The van der Waals surface area contributed by atoms with E-state index >= 15 is 0 Å². The number of carboxylic acids is 1. The summed E-state index contributed by atoms with van der Waals surface area (Å²) in [5.41, 5.74) is 0. The zero-order valence-electron chi connectivity index (χ0n) is 12.9. The van der Waals surface area contributed by atoms with E-state index in [0.29, 0.717) is 12.2 Å². The molecule has 20 heavy (non-hydrogen) atoms. The molecule has 0 rings (SSSR count). The van der Waals surface area contributed by atoms with Crippen LogP contribution >= 0.6 is 0 Å². The summed E-state index contributed by atoms with van der Waals surface area (Å²) in [5, 5.41) is 17.4. The summed E-state index contributed by atoms with van der Waals surface area (Å²) in [4.78, 5) is 10.3. The van der Waals surface area contributed by atoms with Crippen LogP contribution in [0.1, 0.15) is 89.9 Å². The highest BCUT2D eigenvalue weighted by molar-refractivity contribution is 5.66. The van der Waals surface area contributed by atoms with E-state index in [4.69, 9.17) is 10.2 Å². The van der Waals surface area contributed by atoms with Crippen LogP contribution in [0.2, 0.25) is 0 Å². The van der Waals surface area contributed by atoms with Crippen molar-refractivity contribution in [2.45, 2.75) is 89.9 Å². The van der Waals surface area contributed by atoms with E-state index in [0.717, 1.165) is 25.7 Å². The standard InChI is InChI=1S/C17H32O3/c1-16(18)14-12-10-8-6-4-2-3-5-7-9-11-13-15-17(19)20/h18H,1-15H2,(H,19,20). The van der Waals surface area contributed by atoms with Gasteiger partial charge in [-0.05, 0) is 12.8 Å². The van der Waals surface area contributed by atoms with E-state index in [2.05, 4.69) is 6.58 Å². The topological polar surface area (TPSA) is 57.5 Å². The molecule has 0 aromatic carbocycles. The van der Waals surface area contributed by atoms with Crippen molar-refractivity contribution >= 4 is 5.97 Å². The predicted octanol–water partition coefficient (Wildman–Crippen LogP) is 5.60. The Morgan fingerprint density at radius 1 is 0.600 bits per heavy atom. The minimum atomic E-state index is -0.673. The van der Waals surface area contributed by atoms with E-state index in [9.17, 15) is 4.79 Å². The van der Waals surface area contributed by atoms with Gasteiger partial charge in [0.05, 0.1) is 5.76 Å². The second kappa shape index (κ2) is 14.4. The van der Waals surface area contributed by atoms with Crippen LogP contribution in [-0.4, -0.2) is 16.2 Å². The van der Waals surface area contributed by atoms with Crippen molar-refractivity contribution < 1.29 is 15.0 Å². The highest BCUT2D eigenvalue weighted by Gasteiger charge is 1.97. The minimum Gasteiger partial charge on any atom is -0.513 e. The molecule has 0 aliphatic carbocycles. The van der Waals surface area contributed by atoms with Crippen LogP contribution in [0, 0.1) is 0 Å². The van der Waals surface area contributed by atoms with Gasteiger partial charge in [0.25, 0.3) is 0 Å². The zero-order valence-corrected chi connectivity index (χ0v) is 12.9. The highest BCUT2D eigenvalue weighted by atomic mass is 16.4. The molecule has 118 valence electrons. The Labute approximate surface area is 124 Å². The summed E-state index contributed by atoms with van der Waals surface area (Å²) in [7, 11) is 0. The molecule has 3 heteroatoms. The molecule has 3 nitrogen and oxygen atoms in total. The first-order valence-corrected chi connectivity index (χ1v) is 8.21. The smallest absolute Gasteiger partial charge is 0.303 e. The number of rotatable bonds is 15. The van der Waals surface area contributed by atoms with Gasteiger partial charge < -0.3 is 10.2 Å². The first-order valence-electron chi connectivity index (χ1n) is 8.21. The molecule has 0 aliphatic heterocycles. The zero-order chi connectivity index (χ0) is 15.1. The summed E-state index contributed by atoms with van der Waals surface area (Å²) in [5.74, 6) is -0.360. The van der Waals surface area contributed by atoms with Crippen molar-refractivity contribution in [3.05, 3.63) is 12.3 Å². The van der Waals surface area contributed by atoms with E-state index in [-0.39, 0.29) is 0 Å². The molecule has 0 unspecified atom stereocenters. The SMILES string of the molecule is C=C(O)CCCCCCCCCCCCCCC(=O)O. The Morgan fingerprint density at radius 3 is 1.20 bits per heavy atom. The van der Waals surface area contributed by atoms with Crippen molar-refractivity contribution in [3.8, 4) is 0 Å². The summed E-state index contributed by atoms with van der Waals surface area (Å²) in [6.07, 6.45) is 15.5. The quantitative estimate of drug-likeness (QED) is 0.304. The lowest BCUT2D eigenvalue weighted by molar-refractivity contribution is -0.137. The molecule has 2 N–H and O–H groups in total. The molecule has 0 aromatic rings. The molecule has 0 saturated heterocycles. The second-order valence-electron chi connectivity index (χ2n) is 5.70. The first-order chi connectivity index (χ1) is 9.63. The lowest BCUT2D eigenvalue weighted by Crippen LogP contribution is -1.93. The normalized spacial score (nSPS) is 10.6. The molecule has 0 saturated carbocycles. The number of unbranched alkanes of at least 4 members (excludes halogenated alkanes) is 11. The molecule has 0 heterocycles. The summed E-state index contributed by atoms with van der Waals surface area (Å²) >= 11 is 0. The Morgan fingerprint density at radius 2 is 0.900 bits per heavy atom. The van der Waals surface area contributed by atoms with Gasteiger partial charge in [0, 0.05) is 12.8 Å². The number of allylic oxidation sites excluding steroid dienone is 1. The fraction of sp³-hybridized carbons (Fsp3) is 0.824. The highest BCUT2D eigenvalue weighted by Crippen LogP contribution is 2.13. The molecule has 0 radical (unpaired) electrons. The van der Waals surface area contributed by atoms with Crippen molar-refractivity contribution in [1.29, 1.82) is 0 Å². The van der Waals surface area contributed by atoms with Crippen LogP contribution in [0.15, 0.2) is 12.3 Å². The summed E-state index contributed by atoms with van der Waals surface area (Å²) in [6, 6.07) is 0. The van der Waals surface area contributed by atoms with Gasteiger partial charge in [0.2, 0.25) is 0 Å². The maximum Gasteiger partial charge on any atom is 0.303 e. The molecular formula is C17H32O3. The van der Waals surface area contributed by atoms with Crippen LogP contribution in [0.3, 0.4) is 0 Å². The number of hydrogen-bond donors (Lipinski definition) is 2. The lowest BCUT2D eigenvalue weighted by atomic mass is 10.0. The predicted molar refractivity (Wildman–Crippen MR) is 84.0 cm³/mol. The maximum absolute atomic E-state index is 10.3. The second-order valence-corrected chi connectivity index (χ2v) is 5.70. The number of hydrogen-bond acceptors (Lipinski definition) is 2. The van der Waals surface area contributed by atoms with Crippen molar-refractivity contribution in [2.75, 3.05) is 0 Å². The third-order valence-electron chi connectivity index (χ3n) is 3.61. The third-order valence-corrected chi connectivity index (χ3v) is 3.61. The molecule has 0 spiro atoms. The van der Waals surface area contributed by atoms with Crippen LogP contribution in [0.25, 0.3) is 0 Å². The van der Waals surface area contributed by atoms with E-state index in [1.165, 1.54) is 57.8 Å². The molecule has 0 bridgehead atoms. The lowest BCUT2D eigenvalue weighted by Gasteiger charge is -2.03.